The molecule has 0 bridgehead atoms. The average Bonchev–Trinajstić information content (AvgIpc) is 2.62. The number of halogens is 1. The van der Waals surface area contributed by atoms with Crippen LogP contribution in [0.4, 0.5) is 17.5 Å². The summed E-state index contributed by atoms with van der Waals surface area (Å²) in [5.41, 5.74) is 2.82. The first-order valence-corrected chi connectivity index (χ1v) is 8.64. The molecule has 0 aliphatic heterocycles. The highest BCUT2D eigenvalue weighted by molar-refractivity contribution is 6.31. The van der Waals surface area contributed by atoms with E-state index < -0.39 is 0 Å². The summed E-state index contributed by atoms with van der Waals surface area (Å²) < 4.78 is 5.37. The van der Waals surface area contributed by atoms with Crippen LogP contribution in [-0.2, 0) is 6.54 Å². The first-order valence-electron chi connectivity index (χ1n) is 8.26. The number of benzene rings is 2. The van der Waals surface area contributed by atoms with Gasteiger partial charge in [0.05, 0.1) is 12.8 Å². The second-order valence-electron chi connectivity index (χ2n) is 6.00. The number of nitrogens with zero attached hydrogens (tertiary/aromatic N) is 3. The van der Waals surface area contributed by atoms with Crippen molar-refractivity contribution >= 4 is 29.1 Å². The van der Waals surface area contributed by atoms with E-state index in [1.807, 2.05) is 44.3 Å². The number of ether oxygens (including phenoxy) is 1. The highest BCUT2D eigenvalue weighted by Crippen LogP contribution is 2.30. The van der Waals surface area contributed by atoms with Crippen LogP contribution in [0.3, 0.4) is 0 Å². The average molecular weight is 369 g/mol. The fraction of sp³-hybridized carbons (Fsp3) is 0.200. The molecule has 0 saturated heterocycles. The summed E-state index contributed by atoms with van der Waals surface area (Å²) in [6.07, 6.45) is 0. The summed E-state index contributed by atoms with van der Waals surface area (Å²) in [6.45, 7) is 2.71. The molecule has 0 amide bonds. The van der Waals surface area contributed by atoms with Crippen molar-refractivity contribution < 1.29 is 4.74 Å². The topological polar surface area (TPSA) is 50.3 Å². The van der Waals surface area contributed by atoms with E-state index in [1.54, 1.807) is 19.2 Å². The third-order valence-corrected chi connectivity index (χ3v) is 4.14. The molecule has 1 N–H and O–H groups in total. The zero-order valence-electron chi connectivity index (χ0n) is 15.0. The Morgan fingerprint density at radius 2 is 1.85 bits per heavy atom. The summed E-state index contributed by atoms with van der Waals surface area (Å²) >= 11 is 6.10. The van der Waals surface area contributed by atoms with Gasteiger partial charge >= 0.3 is 0 Å². The number of aromatic nitrogens is 2. The van der Waals surface area contributed by atoms with Crippen LogP contribution < -0.4 is 15.0 Å². The minimum Gasteiger partial charge on any atom is -0.495 e. The maximum atomic E-state index is 6.10. The third kappa shape index (κ3) is 4.43. The van der Waals surface area contributed by atoms with Crippen molar-refractivity contribution in [3.8, 4) is 5.75 Å². The molecule has 134 valence electrons. The first kappa shape index (κ1) is 18.0. The van der Waals surface area contributed by atoms with Gasteiger partial charge in [-0.15, -0.1) is 0 Å². The Balaban J connectivity index is 1.85. The van der Waals surface area contributed by atoms with E-state index in [4.69, 9.17) is 16.3 Å². The summed E-state index contributed by atoms with van der Waals surface area (Å²) in [5.74, 6) is 2.02. The van der Waals surface area contributed by atoms with Gasteiger partial charge in [0.15, 0.2) is 0 Å². The van der Waals surface area contributed by atoms with Crippen molar-refractivity contribution in [3.05, 3.63) is 70.9 Å². The largest absolute Gasteiger partial charge is 0.495 e. The standard InChI is InChI=1S/C20H21ClN4O/c1-14-11-19(25(2)13-15-7-5-4-6-8-15)24-20(22-14)23-17-12-16(21)9-10-18(17)26-3/h4-12H,13H2,1-3H3,(H,22,23,24). The van der Waals surface area contributed by atoms with Gasteiger partial charge in [0.25, 0.3) is 0 Å². The molecule has 0 spiro atoms. The lowest BCUT2D eigenvalue weighted by Gasteiger charge is -2.20. The number of hydrogen-bond acceptors (Lipinski definition) is 5. The van der Waals surface area contributed by atoms with Crippen molar-refractivity contribution in [2.45, 2.75) is 13.5 Å². The lowest BCUT2D eigenvalue weighted by Crippen LogP contribution is -2.18. The van der Waals surface area contributed by atoms with E-state index in [0.29, 0.717) is 16.7 Å². The maximum absolute atomic E-state index is 6.10. The lowest BCUT2D eigenvalue weighted by atomic mass is 10.2. The Morgan fingerprint density at radius 3 is 2.58 bits per heavy atom. The minimum atomic E-state index is 0.500. The van der Waals surface area contributed by atoms with Gasteiger partial charge in [-0.05, 0) is 30.7 Å². The molecule has 6 heteroatoms. The summed E-state index contributed by atoms with van der Waals surface area (Å²) in [4.78, 5) is 11.2. The molecular formula is C20H21ClN4O. The van der Waals surface area contributed by atoms with Gasteiger partial charge in [0.1, 0.15) is 11.6 Å². The Morgan fingerprint density at radius 1 is 1.08 bits per heavy atom. The Hall–Kier alpha value is -2.79. The monoisotopic (exact) mass is 368 g/mol. The second kappa shape index (κ2) is 8.06. The van der Waals surface area contributed by atoms with Crippen LogP contribution >= 0.6 is 11.6 Å². The van der Waals surface area contributed by atoms with Crippen LogP contribution in [0.25, 0.3) is 0 Å². The van der Waals surface area contributed by atoms with Gasteiger partial charge in [0, 0.05) is 30.4 Å². The number of anilines is 3. The lowest BCUT2D eigenvalue weighted by molar-refractivity contribution is 0.417. The van der Waals surface area contributed by atoms with Crippen molar-refractivity contribution in [2.24, 2.45) is 0 Å². The SMILES string of the molecule is COc1ccc(Cl)cc1Nc1nc(C)cc(N(C)Cc2ccccc2)n1. The van der Waals surface area contributed by atoms with E-state index in [-0.39, 0.29) is 0 Å². The molecule has 0 aliphatic rings. The van der Waals surface area contributed by atoms with Gasteiger partial charge in [0.2, 0.25) is 5.95 Å². The van der Waals surface area contributed by atoms with Gasteiger partial charge < -0.3 is 15.0 Å². The maximum Gasteiger partial charge on any atom is 0.229 e. The highest BCUT2D eigenvalue weighted by Gasteiger charge is 2.10. The number of nitrogens with one attached hydrogen (secondary N) is 1. The van der Waals surface area contributed by atoms with Crippen LogP contribution in [0.1, 0.15) is 11.3 Å². The van der Waals surface area contributed by atoms with E-state index in [1.165, 1.54) is 5.56 Å². The van der Waals surface area contributed by atoms with Gasteiger partial charge in [-0.2, -0.15) is 4.98 Å². The number of hydrogen-bond donors (Lipinski definition) is 1. The van der Waals surface area contributed by atoms with E-state index in [9.17, 15) is 0 Å². The predicted octanol–water partition coefficient (Wildman–Crippen LogP) is 4.83. The van der Waals surface area contributed by atoms with Crippen LogP contribution in [0.15, 0.2) is 54.6 Å². The molecule has 0 fully saturated rings. The zero-order valence-corrected chi connectivity index (χ0v) is 15.8. The smallest absolute Gasteiger partial charge is 0.229 e. The molecule has 1 heterocycles. The fourth-order valence-corrected chi connectivity index (χ4v) is 2.81. The number of rotatable bonds is 6. The Labute approximate surface area is 158 Å². The molecule has 3 rings (SSSR count). The zero-order chi connectivity index (χ0) is 18.5. The van der Waals surface area contributed by atoms with Crippen molar-refractivity contribution in [2.75, 3.05) is 24.4 Å². The molecule has 3 aromatic rings. The van der Waals surface area contributed by atoms with Crippen LogP contribution in [0, 0.1) is 6.92 Å². The number of methoxy groups -OCH3 is 1. The molecule has 0 radical (unpaired) electrons. The van der Waals surface area contributed by atoms with Gasteiger partial charge in [-0.1, -0.05) is 41.9 Å². The third-order valence-electron chi connectivity index (χ3n) is 3.90. The fourth-order valence-electron chi connectivity index (χ4n) is 2.64. The van der Waals surface area contributed by atoms with Gasteiger partial charge in [-0.25, -0.2) is 4.98 Å². The van der Waals surface area contributed by atoms with E-state index in [2.05, 4.69) is 32.3 Å². The number of aryl methyl sites for hydroxylation is 1. The molecule has 0 unspecified atom stereocenters. The predicted molar refractivity (Wildman–Crippen MR) is 107 cm³/mol. The molecule has 1 aromatic heterocycles. The first-order chi connectivity index (χ1) is 12.5. The summed E-state index contributed by atoms with van der Waals surface area (Å²) in [5, 5.41) is 3.82. The summed E-state index contributed by atoms with van der Waals surface area (Å²) in [7, 11) is 3.63. The Bertz CT molecular complexity index is 886. The van der Waals surface area contributed by atoms with Crippen LogP contribution in [-0.4, -0.2) is 24.1 Å². The quantitative estimate of drug-likeness (QED) is 0.675. The minimum absolute atomic E-state index is 0.500. The molecule has 0 atom stereocenters. The van der Waals surface area contributed by atoms with Crippen molar-refractivity contribution in [3.63, 3.8) is 0 Å². The van der Waals surface area contributed by atoms with E-state index in [0.717, 1.165) is 23.7 Å². The normalized spacial score (nSPS) is 10.5. The molecule has 5 nitrogen and oxygen atoms in total. The second-order valence-corrected chi connectivity index (χ2v) is 6.44. The molecule has 0 saturated carbocycles. The molecule has 0 aliphatic carbocycles. The Kier molecular flexibility index (Phi) is 5.58. The van der Waals surface area contributed by atoms with Gasteiger partial charge in [-0.3, -0.25) is 0 Å². The van der Waals surface area contributed by atoms with Crippen molar-refractivity contribution in [1.82, 2.24) is 9.97 Å². The van der Waals surface area contributed by atoms with Crippen molar-refractivity contribution in [1.29, 1.82) is 0 Å². The van der Waals surface area contributed by atoms with E-state index >= 15 is 0 Å². The molecular weight excluding hydrogens is 348 g/mol. The van der Waals surface area contributed by atoms with Crippen LogP contribution in [0.5, 0.6) is 5.75 Å². The van der Waals surface area contributed by atoms with Crippen LogP contribution in [0.2, 0.25) is 5.02 Å². The molecule has 2 aromatic carbocycles. The summed E-state index contributed by atoms with van der Waals surface area (Å²) in [6, 6.07) is 17.6. The highest BCUT2D eigenvalue weighted by atomic mass is 35.5. The molecule has 26 heavy (non-hydrogen) atoms.